The molecule has 1 aliphatic heterocycles. The van der Waals surface area contributed by atoms with Gasteiger partial charge in [0.05, 0.1) is 0 Å². The largest absolute Gasteiger partial charge is 0.373 e. The molecule has 0 saturated carbocycles. The van der Waals surface area contributed by atoms with Gasteiger partial charge in [0.1, 0.15) is 6.04 Å². The number of fused-ring (bicyclic) bond motifs is 1. The Kier molecular flexibility index (Phi) is 3.36. The van der Waals surface area contributed by atoms with Crippen LogP contribution in [0.5, 0.6) is 0 Å². The van der Waals surface area contributed by atoms with Crippen LogP contribution in [0.3, 0.4) is 0 Å². The summed E-state index contributed by atoms with van der Waals surface area (Å²) in [5, 5.41) is 6.80. The number of hydrogen-bond donors (Lipinski definition) is 2. The predicted octanol–water partition coefficient (Wildman–Crippen LogP) is 3.62. The average Bonchev–Trinajstić information content (AvgIpc) is 2.87. The SMILES string of the molecule is Cc1ccc(Cl)cc1NC(=O)C1Cc2ccccc2N1. The normalized spacial score (nSPS) is 16.4. The van der Waals surface area contributed by atoms with Crippen molar-refractivity contribution in [1.29, 1.82) is 0 Å². The lowest BCUT2D eigenvalue weighted by molar-refractivity contribution is -0.116. The first-order valence-electron chi connectivity index (χ1n) is 6.55. The van der Waals surface area contributed by atoms with E-state index < -0.39 is 0 Å². The number of carbonyl (C=O) groups excluding carboxylic acids is 1. The first-order chi connectivity index (χ1) is 9.63. The molecule has 0 aromatic heterocycles. The lowest BCUT2D eigenvalue weighted by Gasteiger charge is -2.13. The smallest absolute Gasteiger partial charge is 0.247 e. The molecule has 0 bridgehead atoms. The second-order valence-corrected chi connectivity index (χ2v) is 5.44. The Balaban J connectivity index is 1.74. The highest BCUT2D eigenvalue weighted by Crippen LogP contribution is 2.26. The number of amides is 1. The van der Waals surface area contributed by atoms with Crippen LogP contribution < -0.4 is 10.6 Å². The summed E-state index contributed by atoms with van der Waals surface area (Å²) in [7, 11) is 0. The molecule has 1 amide bonds. The number of carbonyl (C=O) groups is 1. The van der Waals surface area contributed by atoms with Crippen molar-refractivity contribution in [3.8, 4) is 0 Å². The molecule has 1 atom stereocenters. The molecule has 20 heavy (non-hydrogen) atoms. The van der Waals surface area contributed by atoms with E-state index in [2.05, 4.69) is 10.6 Å². The zero-order chi connectivity index (χ0) is 14.1. The molecule has 3 nitrogen and oxygen atoms in total. The number of aryl methyl sites for hydroxylation is 1. The van der Waals surface area contributed by atoms with E-state index in [1.165, 1.54) is 5.56 Å². The van der Waals surface area contributed by atoms with Crippen molar-refractivity contribution in [3.05, 3.63) is 58.6 Å². The van der Waals surface area contributed by atoms with Crippen LogP contribution in [-0.4, -0.2) is 11.9 Å². The minimum Gasteiger partial charge on any atom is -0.373 e. The minimum atomic E-state index is -0.231. The molecule has 2 aromatic rings. The molecule has 2 N–H and O–H groups in total. The predicted molar refractivity (Wildman–Crippen MR) is 82.4 cm³/mol. The topological polar surface area (TPSA) is 41.1 Å². The quantitative estimate of drug-likeness (QED) is 0.885. The van der Waals surface area contributed by atoms with Gasteiger partial charge >= 0.3 is 0 Å². The standard InChI is InChI=1S/C16H15ClN2O/c1-10-6-7-12(17)9-14(10)19-16(20)15-8-11-4-2-3-5-13(11)18-15/h2-7,9,15,18H,8H2,1H3,(H,19,20). The number of hydrogen-bond acceptors (Lipinski definition) is 2. The maximum atomic E-state index is 12.3. The van der Waals surface area contributed by atoms with Crippen LogP contribution in [-0.2, 0) is 11.2 Å². The van der Waals surface area contributed by atoms with Crippen LogP contribution in [0.4, 0.5) is 11.4 Å². The molecule has 1 aliphatic rings. The lowest BCUT2D eigenvalue weighted by Crippen LogP contribution is -2.33. The van der Waals surface area contributed by atoms with Crippen LogP contribution in [0, 0.1) is 6.92 Å². The Morgan fingerprint density at radius 1 is 1.30 bits per heavy atom. The zero-order valence-corrected chi connectivity index (χ0v) is 11.9. The van der Waals surface area contributed by atoms with Crippen molar-refractivity contribution in [2.75, 3.05) is 10.6 Å². The van der Waals surface area contributed by atoms with E-state index in [0.29, 0.717) is 11.4 Å². The van der Waals surface area contributed by atoms with Crippen LogP contribution >= 0.6 is 11.6 Å². The minimum absolute atomic E-state index is 0.0356. The van der Waals surface area contributed by atoms with E-state index in [9.17, 15) is 4.79 Å². The highest BCUT2D eigenvalue weighted by atomic mass is 35.5. The summed E-state index contributed by atoms with van der Waals surface area (Å²) in [6.45, 7) is 1.95. The van der Waals surface area contributed by atoms with E-state index in [1.807, 2.05) is 43.3 Å². The van der Waals surface area contributed by atoms with Gasteiger partial charge in [-0.25, -0.2) is 0 Å². The summed E-state index contributed by atoms with van der Waals surface area (Å²) in [4.78, 5) is 12.3. The van der Waals surface area contributed by atoms with Crippen molar-refractivity contribution < 1.29 is 4.79 Å². The molecular formula is C16H15ClN2O. The van der Waals surface area contributed by atoms with E-state index in [4.69, 9.17) is 11.6 Å². The zero-order valence-electron chi connectivity index (χ0n) is 11.1. The molecule has 4 heteroatoms. The number of benzene rings is 2. The van der Waals surface area contributed by atoms with Gasteiger partial charge in [0, 0.05) is 22.8 Å². The molecule has 102 valence electrons. The summed E-state index contributed by atoms with van der Waals surface area (Å²) < 4.78 is 0. The second kappa shape index (κ2) is 5.17. The van der Waals surface area contributed by atoms with E-state index in [0.717, 1.165) is 16.9 Å². The van der Waals surface area contributed by atoms with Gasteiger partial charge in [-0.15, -0.1) is 0 Å². The molecule has 0 aliphatic carbocycles. The number of rotatable bonds is 2. The van der Waals surface area contributed by atoms with Gasteiger partial charge in [0.15, 0.2) is 0 Å². The van der Waals surface area contributed by atoms with E-state index in [-0.39, 0.29) is 11.9 Å². The van der Waals surface area contributed by atoms with Gasteiger partial charge in [-0.3, -0.25) is 4.79 Å². The molecule has 0 spiro atoms. The summed E-state index contributed by atoms with van der Waals surface area (Å²) in [5.41, 5.74) is 3.98. The maximum absolute atomic E-state index is 12.3. The molecular weight excluding hydrogens is 272 g/mol. The monoisotopic (exact) mass is 286 g/mol. The Morgan fingerprint density at radius 2 is 2.10 bits per heavy atom. The molecule has 3 rings (SSSR count). The first kappa shape index (κ1) is 13.0. The highest BCUT2D eigenvalue weighted by molar-refractivity contribution is 6.31. The highest BCUT2D eigenvalue weighted by Gasteiger charge is 2.26. The van der Waals surface area contributed by atoms with Crippen molar-refractivity contribution in [2.24, 2.45) is 0 Å². The summed E-state index contributed by atoms with van der Waals surface area (Å²) >= 11 is 5.97. The molecule has 0 radical (unpaired) electrons. The fourth-order valence-corrected chi connectivity index (χ4v) is 2.58. The number of halogens is 1. The Morgan fingerprint density at radius 3 is 2.90 bits per heavy atom. The average molecular weight is 287 g/mol. The molecule has 0 saturated heterocycles. The van der Waals surface area contributed by atoms with Gasteiger partial charge in [0.25, 0.3) is 0 Å². The summed E-state index contributed by atoms with van der Waals surface area (Å²) in [6, 6.07) is 13.2. The third kappa shape index (κ3) is 2.49. The van der Waals surface area contributed by atoms with Crippen LogP contribution in [0.1, 0.15) is 11.1 Å². The van der Waals surface area contributed by atoms with Crippen LogP contribution in [0.15, 0.2) is 42.5 Å². The van der Waals surface area contributed by atoms with Gasteiger partial charge in [-0.05, 0) is 36.2 Å². The lowest BCUT2D eigenvalue weighted by atomic mass is 10.1. The van der Waals surface area contributed by atoms with Gasteiger partial charge in [-0.1, -0.05) is 35.9 Å². The Hall–Kier alpha value is -2.00. The molecule has 0 fully saturated rings. The number of nitrogens with one attached hydrogen (secondary N) is 2. The summed E-state index contributed by atoms with van der Waals surface area (Å²) in [6.07, 6.45) is 0.710. The van der Waals surface area contributed by atoms with Crippen molar-refractivity contribution in [3.63, 3.8) is 0 Å². The van der Waals surface area contributed by atoms with Crippen molar-refractivity contribution >= 4 is 28.9 Å². The van der Waals surface area contributed by atoms with Gasteiger partial charge < -0.3 is 10.6 Å². The molecule has 1 unspecified atom stereocenters. The molecule has 2 aromatic carbocycles. The second-order valence-electron chi connectivity index (χ2n) is 5.01. The number of anilines is 2. The third-order valence-electron chi connectivity index (χ3n) is 3.55. The fourth-order valence-electron chi connectivity index (χ4n) is 2.40. The Bertz CT molecular complexity index is 644. The van der Waals surface area contributed by atoms with Crippen molar-refractivity contribution in [2.45, 2.75) is 19.4 Å². The first-order valence-corrected chi connectivity index (χ1v) is 6.93. The van der Waals surface area contributed by atoms with Crippen LogP contribution in [0.25, 0.3) is 0 Å². The maximum Gasteiger partial charge on any atom is 0.247 e. The molecule has 1 heterocycles. The van der Waals surface area contributed by atoms with Crippen molar-refractivity contribution in [1.82, 2.24) is 0 Å². The summed E-state index contributed by atoms with van der Waals surface area (Å²) in [5.74, 6) is -0.0356. The third-order valence-corrected chi connectivity index (χ3v) is 3.78. The number of para-hydroxylation sites is 1. The van der Waals surface area contributed by atoms with E-state index in [1.54, 1.807) is 6.07 Å². The fraction of sp³-hybridized carbons (Fsp3) is 0.188. The van der Waals surface area contributed by atoms with Gasteiger partial charge in [0.2, 0.25) is 5.91 Å². The Labute approximate surface area is 123 Å². The van der Waals surface area contributed by atoms with Crippen LogP contribution in [0.2, 0.25) is 5.02 Å². The van der Waals surface area contributed by atoms with E-state index >= 15 is 0 Å². The van der Waals surface area contributed by atoms with Gasteiger partial charge in [-0.2, -0.15) is 0 Å².